The Bertz CT molecular complexity index is 1160. The number of rotatable bonds is 7. The highest BCUT2D eigenvalue weighted by atomic mass is 35.5. The Morgan fingerprint density at radius 3 is 2.79 bits per heavy atom. The normalized spacial score (nSPS) is 11.0. The first-order valence-electron chi connectivity index (χ1n) is 8.30. The van der Waals surface area contributed by atoms with Crippen molar-refractivity contribution in [1.29, 1.82) is 0 Å². The number of hydrogen-bond acceptors (Lipinski definition) is 6. The number of nitrogens with one attached hydrogen (secondary N) is 1. The molecule has 0 fully saturated rings. The van der Waals surface area contributed by atoms with E-state index in [1.54, 1.807) is 6.07 Å². The zero-order valence-electron chi connectivity index (χ0n) is 15.1. The lowest BCUT2D eigenvalue weighted by molar-refractivity contribution is -0.116. The Morgan fingerprint density at radius 1 is 1.34 bits per heavy atom. The van der Waals surface area contributed by atoms with Crippen LogP contribution in [0.5, 0.6) is 0 Å². The molecule has 0 radical (unpaired) electrons. The lowest BCUT2D eigenvalue weighted by Gasteiger charge is -2.13. The molecule has 1 amide bonds. The van der Waals surface area contributed by atoms with Crippen molar-refractivity contribution in [3.8, 4) is 0 Å². The number of ether oxygens (including phenoxy) is 1. The number of carboxylic acid groups (broad SMARTS) is 1. The van der Waals surface area contributed by atoms with Crippen molar-refractivity contribution in [2.75, 3.05) is 19.0 Å². The molecule has 0 spiro atoms. The molecule has 152 valence electrons. The quantitative estimate of drug-likeness (QED) is 0.565. The van der Waals surface area contributed by atoms with Gasteiger partial charge in [0.15, 0.2) is 0 Å². The van der Waals surface area contributed by atoms with Crippen LogP contribution >= 0.6 is 34.5 Å². The minimum Gasteiger partial charge on any atom is -0.478 e. The summed E-state index contributed by atoms with van der Waals surface area (Å²) in [5, 5.41) is 13.9. The number of aromatic carboxylic acids is 1. The fraction of sp³-hybridized carbons (Fsp3) is 0.222. The maximum Gasteiger partial charge on any atom is 0.337 e. The third kappa shape index (κ3) is 4.59. The second kappa shape index (κ2) is 8.91. The van der Waals surface area contributed by atoms with Gasteiger partial charge in [0.1, 0.15) is 17.2 Å². The first-order chi connectivity index (χ1) is 13.8. The maximum absolute atomic E-state index is 13.0. The van der Waals surface area contributed by atoms with Crippen LogP contribution in [0, 0.1) is 0 Å². The van der Waals surface area contributed by atoms with Gasteiger partial charge in [-0.05, 0) is 18.2 Å². The standard InChI is InChI=1S/C18H15Cl2N3O5S/c1-28-5-4-13-22-16-15(10(8-29-16)18(26)27)17(25)23(13)7-14(24)21-12-6-9(19)2-3-11(12)20/h2-3,6,8H,4-5,7H2,1H3,(H,21,24)(H,26,27). The van der Waals surface area contributed by atoms with Gasteiger partial charge in [0.25, 0.3) is 5.56 Å². The second-order valence-electron chi connectivity index (χ2n) is 5.97. The summed E-state index contributed by atoms with van der Waals surface area (Å²) in [6.07, 6.45) is 0.271. The van der Waals surface area contributed by atoms with Crippen molar-refractivity contribution in [3.05, 3.63) is 55.4 Å². The highest BCUT2D eigenvalue weighted by Gasteiger charge is 2.21. The number of fused-ring (bicyclic) bond motifs is 1. The van der Waals surface area contributed by atoms with Crippen molar-refractivity contribution >= 4 is 62.3 Å². The molecule has 0 aliphatic carbocycles. The first-order valence-corrected chi connectivity index (χ1v) is 9.93. The predicted molar refractivity (Wildman–Crippen MR) is 112 cm³/mol. The van der Waals surface area contributed by atoms with Crippen LogP contribution in [0.25, 0.3) is 10.2 Å². The van der Waals surface area contributed by atoms with Crippen LogP contribution in [0.4, 0.5) is 5.69 Å². The van der Waals surface area contributed by atoms with Crippen LogP contribution in [0.3, 0.4) is 0 Å². The smallest absolute Gasteiger partial charge is 0.337 e. The van der Waals surface area contributed by atoms with Crippen LogP contribution in [-0.2, 0) is 22.5 Å². The summed E-state index contributed by atoms with van der Waals surface area (Å²) in [4.78, 5) is 41.7. The topological polar surface area (TPSA) is 111 Å². The summed E-state index contributed by atoms with van der Waals surface area (Å²) in [7, 11) is 1.50. The number of amides is 1. The number of anilines is 1. The van der Waals surface area contributed by atoms with Gasteiger partial charge in [0, 0.05) is 23.9 Å². The molecule has 0 bridgehead atoms. The zero-order valence-corrected chi connectivity index (χ0v) is 17.4. The van der Waals surface area contributed by atoms with Crippen molar-refractivity contribution in [2.24, 2.45) is 0 Å². The number of carbonyl (C=O) groups is 2. The van der Waals surface area contributed by atoms with Gasteiger partial charge in [-0.1, -0.05) is 23.2 Å². The number of thiophene rings is 1. The van der Waals surface area contributed by atoms with Gasteiger partial charge in [-0.15, -0.1) is 11.3 Å². The molecule has 11 heteroatoms. The molecule has 0 atom stereocenters. The molecule has 0 aliphatic rings. The summed E-state index contributed by atoms with van der Waals surface area (Å²) in [6, 6.07) is 4.60. The molecule has 2 N–H and O–H groups in total. The van der Waals surface area contributed by atoms with Crippen LogP contribution in [0.2, 0.25) is 10.0 Å². The minimum atomic E-state index is -1.23. The Hall–Kier alpha value is -2.46. The van der Waals surface area contributed by atoms with Crippen LogP contribution < -0.4 is 10.9 Å². The predicted octanol–water partition coefficient (Wildman–Crippen LogP) is 3.29. The number of hydrogen-bond donors (Lipinski definition) is 2. The number of aromatic nitrogens is 2. The lowest BCUT2D eigenvalue weighted by Crippen LogP contribution is -2.32. The van der Waals surface area contributed by atoms with E-state index in [9.17, 15) is 19.5 Å². The molecule has 0 aliphatic heterocycles. The van der Waals surface area contributed by atoms with Gasteiger partial charge in [-0.25, -0.2) is 9.78 Å². The summed E-state index contributed by atoms with van der Waals surface area (Å²) in [5.41, 5.74) is -0.452. The lowest BCUT2D eigenvalue weighted by atomic mass is 10.2. The monoisotopic (exact) mass is 455 g/mol. The minimum absolute atomic E-state index is 0.0303. The van der Waals surface area contributed by atoms with Gasteiger partial charge in [0.05, 0.1) is 28.3 Å². The van der Waals surface area contributed by atoms with Crippen molar-refractivity contribution in [3.63, 3.8) is 0 Å². The van der Waals surface area contributed by atoms with Gasteiger partial charge in [0.2, 0.25) is 5.91 Å². The summed E-state index contributed by atoms with van der Waals surface area (Å²) in [6.45, 7) is -0.102. The van der Waals surface area contributed by atoms with E-state index in [0.717, 1.165) is 15.9 Å². The van der Waals surface area contributed by atoms with Crippen LogP contribution in [0.1, 0.15) is 16.2 Å². The van der Waals surface area contributed by atoms with Crippen molar-refractivity contribution in [1.82, 2.24) is 9.55 Å². The molecule has 3 aromatic rings. The number of methoxy groups -OCH3 is 1. The highest BCUT2D eigenvalue weighted by molar-refractivity contribution is 7.17. The average Bonchev–Trinajstić information content (AvgIpc) is 3.10. The van der Waals surface area contributed by atoms with E-state index in [1.807, 2.05) is 0 Å². The van der Waals surface area contributed by atoms with E-state index in [1.165, 1.54) is 24.6 Å². The fourth-order valence-electron chi connectivity index (χ4n) is 2.70. The van der Waals surface area contributed by atoms with Gasteiger partial charge in [-0.3, -0.25) is 14.2 Å². The number of carboxylic acids is 1. The van der Waals surface area contributed by atoms with E-state index in [0.29, 0.717) is 21.4 Å². The highest BCUT2D eigenvalue weighted by Crippen LogP contribution is 2.26. The van der Waals surface area contributed by atoms with Crippen molar-refractivity contribution < 1.29 is 19.4 Å². The summed E-state index contributed by atoms with van der Waals surface area (Å²) < 4.78 is 6.19. The van der Waals surface area contributed by atoms with E-state index in [2.05, 4.69) is 10.3 Å². The van der Waals surface area contributed by atoms with E-state index in [-0.39, 0.29) is 35.5 Å². The summed E-state index contributed by atoms with van der Waals surface area (Å²) in [5.74, 6) is -1.46. The molecule has 0 unspecified atom stereocenters. The van der Waals surface area contributed by atoms with Gasteiger partial charge >= 0.3 is 5.97 Å². The van der Waals surface area contributed by atoms with E-state index in [4.69, 9.17) is 27.9 Å². The third-order valence-electron chi connectivity index (χ3n) is 4.04. The molecule has 2 aromatic heterocycles. The molecular weight excluding hydrogens is 441 g/mol. The Balaban J connectivity index is 2.01. The Morgan fingerprint density at radius 2 is 2.10 bits per heavy atom. The first kappa shape index (κ1) is 21.3. The van der Waals surface area contributed by atoms with Crippen LogP contribution in [-0.4, -0.2) is 40.3 Å². The van der Waals surface area contributed by atoms with Gasteiger partial charge in [-0.2, -0.15) is 0 Å². The number of halogens is 2. The Kier molecular flexibility index (Phi) is 6.53. The zero-order chi connectivity index (χ0) is 21.1. The largest absolute Gasteiger partial charge is 0.478 e. The maximum atomic E-state index is 13.0. The molecular formula is C18H15Cl2N3O5S. The molecule has 0 saturated carbocycles. The number of carbonyl (C=O) groups excluding carboxylic acids is 1. The fourth-order valence-corrected chi connectivity index (χ4v) is 3.96. The Labute approximate surface area is 178 Å². The van der Waals surface area contributed by atoms with E-state index < -0.39 is 17.4 Å². The number of nitrogens with zero attached hydrogens (tertiary/aromatic N) is 2. The van der Waals surface area contributed by atoms with Crippen LogP contribution in [0.15, 0.2) is 28.4 Å². The SMILES string of the molecule is COCCc1nc2scc(C(=O)O)c2c(=O)n1CC(=O)Nc1cc(Cl)ccc1Cl. The molecule has 3 rings (SSSR count). The number of benzene rings is 1. The third-order valence-corrected chi connectivity index (χ3v) is 5.47. The summed E-state index contributed by atoms with van der Waals surface area (Å²) >= 11 is 13.0. The molecule has 1 aromatic carbocycles. The van der Waals surface area contributed by atoms with Gasteiger partial charge < -0.3 is 15.2 Å². The molecule has 2 heterocycles. The average molecular weight is 456 g/mol. The molecule has 8 nitrogen and oxygen atoms in total. The van der Waals surface area contributed by atoms with E-state index >= 15 is 0 Å². The second-order valence-corrected chi connectivity index (χ2v) is 7.67. The molecule has 29 heavy (non-hydrogen) atoms. The van der Waals surface area contributed by atoms with Crippen molar-refractivity contribution in [2.45, 2.75) is 13.0 Å². The molecule has 0 saturated heterocycles.